The highest BCUT2D eigenvalue weighted by Crippen LogP contribution is 2.13. The van der Waals surface area contributed by atoms with Gasteiger partial charge in [0.1, 0.15) is 5.60 Å². The molecular weight excluding hydrogens is 180 g/mol. The van der Waals surface area contributed by atoms with E-state index < -0.39 is 5.60 Å². The smallest absolute Gasteiger partial charge is 0.410 e. The molecule has 1 amide bonds. The summed E-state index contributed by atoms with van der Waals surface area (Å²) in [6.45, 7) is 6.74. The molecule has 4 heteroatoms. The average molecular weight is 198 g/mol. The number of rotatable bonds is 0. The molecule has 4 nitrogen and oxygen atoms in total. The number of carbonyl (C=O) groups excluding carboxylic acids is 1. The van der Waals surface area contributed by atoms with E-state index in [1.165, 1.54) is 0 Å². The van der Waals surface area contributed by atoms with Gasteiger partial charge in [0.05, 0.1) is 6.54 Å². The van der Waals surface area contributed by atoms with E-state index in [1.807, 2.05) is 26.8 Å². The third kappa shape index (κ3) is 3.28. The maximum atomic E-state index is 11.6. The molecule has 0 saturated carbocycles. The number of amides is 1. The monoisotopic (exact) mass is 198 g/mol. The predicted molar refractivity (Wildman–Crippen MR) is 54.7 cm³/mol. The van der Waals surface area contributed by atoms with Gasteiger partial charge in [0, 0.05) is 12.2 Å². The van der Waals surface area contributed by atoms with Crippen LogP contribution in [-0.2, 0) is 4.74 Å². The Bertz CT molecular complexity index is 253. The first-order valence-electron chi connectivity index (χ1n) is 4.81. The number of hydrogen-bond donors (Lipinski definition) is 1. The average Bonchev–Trinajstić information content (AvgIpc) is 2.01. The Balaban J connectivity index is 2.50. The van der Waals surface area contributed by atoms with Crippen molar-refractivity contribution in [1.29, 1.82) is 0 Å². The summed E-state index contributed by atoms with van der Waals surface area (Å²) in [6.07, 6.45) is 2.47. The molecule has 0 spiro atoms. The summed E-state index contributed by atoms with van der Waals surface area (Å²) in [6, 6.07) is 0. The zero-order valence-corrected chi connectivity index (χ0v) is 9.04. The zero-order valence-electron chi connectivity index (χ0n) is 9.04. The Hall–Kier alpha value is -1.19. The Kier molecular flexibility index (Phi) is 3.03. The van der Waals surface area contributed by atoms with E-state index in [1.54, 1.807) is 4.90 Å². The van der Waals surface area contributed by atoms with Gasteiger partial charge in [0.25, 0.3) is 0 Å². The van der Waals surface area contributed by atoms with E-state index in [9.17, 15) is 4.79 Å². The van der Waals surface area contributed by atoms with Gasteiger partial charge in [-0.25, -0.2) is 4.79 Å². The first-order valence-corrected chi connectivity index (χ1v) is 4.81. The molecule has 1 rings (SSSR count). The Morgan fingerprint density at radius 1 is 1.57 bits per heavy atom. The van der Waals surface area contributed by atoms with Crippen LogP contribution in [0, 0.1) is 0 Å². The van der Waals surface area contributed by atoms with Crippen molar-refractivity contribution in [1.82, 2.24) is 4.90 Å². The normalized spacial score (nSPS) is 17.6. The number of carbonyl (C=O) groups is 1. The van der Waals surface area contributed by atoms with Gasteiger partial charge >= 0.3 is 6.09 Å². The van der Waals surface area contributed by atoms with Gasteiger partial charge in [0.15, 0.2) is 0 Å². The van der Waals surface area contributed by atoms with E-state index in [0.29, 0.717) is 13.1 Å². The van der Waals surface area contributed by atoms with Crippen LogP contribution in [0.15, 0.2) is 11.8 Å². The molecule has 2 N–H and O–H groups in total. The standard InChI is InChI=1S/C10H18N2O2/c1-10(2,3)14-9(13)12-6-4-5-8(11)7-12/h5H,4,6-7,11H2,1-3H3. The summed E-state index contributed by atoms with van der Waals surface area (Å²) >= 11 is 0. The van der Waals surface area contributed by atoms with Crippen LogP contribution in [0.3, 0.4) is 0 Å². The molecule has 0 fully saturated rings. The van der Waals surface area contributed by atoms with Crippen molar-refractivity contribution in [3.8, 4) is 0 Å². The molecule has 0 saturated heterocycles. The van der Waals surface area contributed by atoms with Crippen LogP contribution in [0.2, 0.25) is 0 Å². The van der Waals surface area contributed by atoms with Crippen molar-refractivity contribution in [2.45, 2.75) is 32.8 Å². The summed E-state index contributed by atoms with van der Waals surface area (Å²) in [5, 5.41) is 0. The molecule has 0 aliphatic carbocycles. The molecule has 0 radical (unpaired) electrons. The Labute approximate surface area is 84.7 Å². The van der Waals surface area contributed by atoms with Gasteiger partial charge in [-0.15, -0.1) is 0 Å². The SMILES string of the molecule is CC(C)(C)OC(=O)N1CCC=C(N)C1. The summed E-state index contributed by atoms with van der Waals surface area (Å²) in [5.74, 6) is 0. The van der Waals surface area contributed by atoms with E-state index >= 15 is 0 Å². The van der Waals surface area contributed by atoms with E-state index in [0.717, 1.165) is 12.1 Å². The first-order chi connectivity index (χ1) is 6.38. The van der Waals surface area contributed by atoms with Gasteiger partial charge in [-0.2, -0.15) is 0 Å². The van der Waals surface area contributed by atoms with Gasteiger partial charge in [-0.1, -0.05) is 6.08 Å². The van der Waals surface area contributed by atoms with Crippen LogP contribution in [0.1, 0.15) is 27.2 Å². The van der Waals surface area contributed by atoms with Crippen LogP contribution in [-0.4, -0.2) is 29.7 Å². The summed E-state index contributed by atoms with van der Waals surface area (Å²) in [5.41, 5.74) is 5.94. The van der Waals surface area contributed by atoms with Crippen LogP contribution >= 0.6 is 0 Å². The highest BCUT2D eigenvalue weighted by Gasteiger charge is 2.23. The van der Waals surface area contributed by atoms with Gasteiger partial charge in [0.2, 0.25) is 0 Å². The van der Waals surface area contributed by atoms with Crippen LogP contribution < -0.4 is 5.73 Å². The van der Waals surface area contributed by atoms with Crippen LogP contribution in [0.5, 0.6) is 0 Å². The summed E-state index contributed by atoms with van der Waals surface area (Å²) in [4.78, 5) is 13.2. The summed E-state index contributed by atoms with van der Waals surface area (Å²) < 4.78 is 5.23. The third-order valence-corrected chi connectivity index (χ3v) is 1.83. The van der Waals surface area contributed by atoms with Crippen molar-refractivity contribution >= 4 is 6.09 Å². The number of hydrogen-bond acceptors (Lipinski definition) is 3. The minimum Gasteiger partial charge on any atom is -0.444 e. The lowest BCUT2D eigenvalue weighted by Crippen LogP contribution is -2.41. The topological polar surface area (TPSA) is 55.6 Å². The lowest BCUT2D eigenvalue weighted by atomic mass is 10.2. The minimum atomic E-state index is -0.437. The first kappa shape index (κ1) is 10.9. The van der Waals surface area contributed by atoms with Crippen molar-refractivity contribution < 1.29 is 9.53 Å². The fourth-order valence-corrected chi connectivity index (χ4v) is 1.25. The van der Waals surface area contributed by atoms with Gasteiger partial charge in [-0.3, -0.25) is 0 Å². The van der Waals surface area contributed by atoms with E-state index in [4.69, 9.17) is 10.5 Å². The molecule has 0 aromatic carbocycles. The molecule has 0 bridgehead atoms. The maximum Gasteiger partial charge on any atom is 0.410 e. The fourth-order valence-electron chi connectivity index (χ4n) is 1.25. The van der Waals surface area contributed by atoms with Crippen molar-refractivity contribution in [3.63, 3.8) is 0 Å². The predicted octanol–water partition coefficient (Wildman–Crippen LogP) is 1.47. The molecular formula is C10H18N2O2. The third-order valence-electron chi connectivity index (χ3n) is 1.83. The second-order valence-corrected chi connectivity index (χ2v) is 4.47. The zero-order chi connectivity index (χ0) is 10.8. The van der Waals surface area contributed by atoms with E-state index in [-0.39, 0.29) is 6.09 Å². The van der Waals surface area contributed by atoms with Gasteiger partial charge < -0.3 is 15.4 Å². The second-order valence-electron chi connectivity index (χ2n) is 4.47. The lowest BCUT2D eigenvalue weighted by Gasteiger charge is -2.29. The van der Waals surface area contributed by atoms with Crippen molar-refractivity contribution in [2.24, 2.45) is 5.73 Å². The maximum absolute atomic E-state index is 11.6. The molecule has 80 valence electrons. The number of ether oxygens (including phenoxy) is 1. The van der Waals surface area contributed by atoms with Gasteiger partial charge in [-0.05, 0) is 27.2 Å². The quantitative estimate of drug-likeness (QED) is 0.641. The van der Waals surface area contributed by atoms with Crippen molar-refractivity contribution in [3.05, 3.63) is 11.8 Å². The molecule has 0 aromatic rings. The van der Waals surface area contributed by atoms with E-state index in [2.05, 4.69) is 0 Å². The molecule has 0 atom stereocenters. The molecule has 1 aliphatic heterocycles. The molecule has 0 unspecified atom stereocenters. The summed E-state index contributed by atoms with van der Waals surface area (Å²) in [7, 11) is 0. The molecule has 0 aromatic heterocycles. The highest BCUT2D eigenvalue weighted by atomic mass is 16.6. The lowest BCUT2D eigenvalue weighted by molar-refractivity contribution is 0.0261. The Morgan fingerprint density at radius 3 is 2.71 bits per heavy atom. The highest BCUT2D eigenvalue weighted by molar-refractivity contribution is 5.68. The Morgan fingerprint density at radius 2 is 2.21 bits per heavy atom. The molecule has 1 heterocycles. The fraction of sp³-hybridized carbons (Fsp3) is 0.700. The number of nitrogens with zero attached hydrogens (tertiary/aromatic N) is 1. The largest absolute Gasteiger partial charge is 0.444 e. The van der Waals surface area contributed by atoms with Crippen molar-refractivity contribution in [2.75, 3.05) is 13.1 Å². The second kappa shape index (κ2) is 3.90. The minimum absolute atomic E-state index is 0.284. The van der Waals surface area contributed by atoms with Crippen LogP contribution in [0.25, 0.3) is 0 Å². The molecule has 1 aliphatic rings. The van der Waals surface area contributed by atoms with Crippen LogP contribution in [0.4, 0.5) is 4.79 Å². The number of nitrogens with two attached hydrogens (primary N) is 1. The molecule has 14 heavy (non-hydrogen) atoms.